The molecular formula is C15H18N2O3. The molecule has 0 bridgehead atoms. The first kappa shape index (κ1) is 14.1. The largest absolute Gasteiger partial charge is 0.495 e. The number of pyridine rings is 1. The SMILES string of the molecule is COc1cccnc1C(N)c1cccc(OC)c1OC. The summed E-state index contributed by atoms with van der Waals surface area (Å²) in [5, 5.41) is 0. The maximum Gasteiger partial charge on any atom is 0.165 e. The first-order valence-electron chi connectivity index (χ1n) is 6.18. The Morgan fingerprint density at radius 2 is 1.65 bits per heavy atom. The summed E-state index contributed by atoms with van der Waals surface area (Å²) in [5.74, 6) is 1.88. The van der Waals surface area contributed by atoms with Gasteiger partial charge >= 0.3 is 0 Å². The van der Waals surface area contributed by atoms with Crippen LogP contribution in [-0.4, -0.2) is 26.3 Å². The predicted molar refractivity (Wildman–Crippen MR) is 76.4 cm³/mol. The van der Waals surface area contributed by atoms with E-state index in [9.17, 15) is 0 Å². The molecule has 2 rings (SSSR count). The molecule has 20 heavy (non-hydrogen) atoms. The van der Waals surface area contributed by atoms with Gasteiger partial charge in [0, 0.05) is 11.8 Å². The van der Waals surface area contributed by atoms with E-state index in [-0.39, 0.29) is 0 Å². The van der Waals surface area contributed by atoms with E-state index in [2.05, 4.69) is 4.98 Å². The van der Waals surface area contributed by atoms with Gasteiger partial charge in [-0.3, -0.25) is 4.98 Å². The van der Waals surface area contributed by atoms with Crippen LogP contribution in [0.25, 0.3) is 0 Å². The minimum Gasteiger partial charge on any atom is -0.495 e. The number of nitrogens with zero attached hydrogens (tertiary/aromatic N) is 1. The number of para-hydroxylation sites is 1. The van der Waals surface area contributed by atoms with Gasteiger partial charge in [-0.05, 0) is 18.2 Å². The molecule has 0 radical (unpaired) electrons. The molecule has 0 aliphatic heterocycles. The smallest absolute Gasteiger partial charge is 0.165 e. The van der Waals surface area contributed by atoms with Gasteiger partial charge in [0.15, 0.2) is 11.5 Å². The highest BCUT2D eigenvalue weighted by molar-refractivity contribution is 5.51. The molecule has 106 valence electrons. The lowest BCUT2D eigenvalue weighted by Gasteiger charge is -2.19. The van der Waals surface area contributed by atoms with Gasteiger partial charge in [-0.25, -0.2) is 0 Å². The summed E-state index contributed by atoms with van der Waals surface area (Å²) < 4.78 is 16.0. The molecule has 1 heterocycles. The highest BCUT2D eigenvalue weighted by Gasteiger charge is 2.21. The van der Waals surface area contributed by atoms with Crippen LogP contribution in [0.4, 0.5) is 0 Å². The zero-order chi connectivity index (χ0) is 14.5. The minimum absolute atomic E-state index is 0.462. The molecule has 1 atom stereocenters. The van der Waals surface area contributed by atoms with Crippen LogP contribution in [0, 0.1) is 0 Å². The van der Waals surface area contributed by atoms with Crippen LogP contribution in [0.2, 0.25) is 0 Å². The van der Waals surface area contributed by atoms with Gasteiger partial charge < -0.3 is 19.9 Å². The maximum absolute atomic E-state index is 6.31. The van der Waals surface area contributed by atoms with E-state index in [1.165, 1.54) is 0 Å². The van der Waals surface area contributed by atoms with Crippen LogP contribution in [-0.2, 0) is 0 Å². The van der Waals surface area contributed by atoms with Crippen molar-refractivity contribution in [2.24, 2.45) is 5.73 Å². The van der Waals surface area contributed by atoms with Gasteiger partial charge in [0.2, 0.25) is 0 Å². The monoisotopic (exact) mass is 274 g/mol. The molecule has 0 saturated heterocycles. The summed E-state index contributed by atoms with van der Waals surface area (Å²) >= 11 is 0. The van der Waals surface area contributed by atoms with E-state index in [1.807, 2.05) is 24.3 Å². The number of ether oxygens (including phenoxy) is 3. The first-order valence-corrected chi connectivity index (χ1v) is 6.18. The Morgan fingerprint density at radius 1 is 0.950 bits per heavy atom. The second kappa shape index (κ2) is 6.25. The van der Waals surface area contributed by atoms with Crippen molar-refractivity contribution in [1.82, 2.24) is 4.98 Å². The normalized spacial score (nSPS) is 11.8. The van der Waals surface area contributed by atoms with Crippen LogP contribution >= 0.6 is 0 Å². The van der Waals surface area contributed by atoms with E-state index < -0.39 is 6.04 Å². The number of hydrogen-bond acceptors (Lipinski definition) is 5. The van der Waals surface area contributed by atoms with E-state index in [4.69, 9.17) is 19.9 Å². The fraction of sp³-hybridized carbons (Fsp3) is 0.267. The minimum atomic E-state index is -0.462. The molecule has 0 aliphatic rings. The molecule has 0 amide bonds. The second-order valence-corrected chi connectivity index (χ2v) is 4.15. The Bertz CT molecular complexity index is 587. The topological polar surface area (TPSA) is 66.6 Å². The molecule has 5 nitrogen and oxygen atoms in total. The lowest BCUT2D eigenvalue weighted by atomic mass is 10.0. The molecule has 0 fully saturated rings. The Hall–Kier alpha value is -2.27. The van der Waals surface area contributed by atoms with Gasteiger partial charge in [0.25, 0.3) is 0 Å². The summed E-state index contributed by atoms with van der Waals surface area (Å²) in [6.07, 6.45) is 1.68. The first-order chi connectivity index (χ1) is 9.72. The average molecular weight is 274 g/mol. The highest BCUT2D eigenvalue weighted by atomic mass is 16.5. The van der Waals surface area contributed by atoms with Crippen molar-refractivity contribution in [2.45, 2.75) is 6.04 Å². The molecule has 0 aliphatic carbocycles. The van der Waals surface area contributed by atoms with Gasteiger partial charge in [-0.1, -0.05) is 12.1 Å². The number of rotatable bonds is 5. The van der Waals surface area contributed by atoms with Gasteiger partial charge in [0.05, 0.1) is 27.4 Å². The standard InChI is InChI=1S/C15H18N2O3/c1-18-11-8-5-9-17-14(11)13(16)10-6-4-7-12(19-2)15(10)20-3/h4-9,13H,16H2,1-3H3. The number of hydrogen-bond donors (Lipinski definition) is 1. The van der Waals surface area contributed by atoms with Gasteiger partial charge in [0.1, 0.15) is 11.4 Å². The molecule has 1 unspecified atom stereocenters. The molecule has 5 heteroatoms. The van der Waals surface area contributed by atoms with Crippen LogP contribution in [0.1, 0.15) is 17.3 Å². The lowest BCUT2D eigenvalue weighted by Crippen LogP contribution is -2.16. The van der Waals surface area contributed by atoms with Crippen molar-refractivity contribution in [3.05, 3.63) is 47.8 Å². The van der Waals surface area contributed by atoms with E-state index in [1.54, 1.807) is 33.6 Å². The van der Waals surface area contributed by atoms with Crippen molar-refractivity contribution in [3.63, 3.8) is 0 Å². The Balaban J connectivity index is 2.50. The summed E-state index contributed by atoms with van der Waals surface area (Å²) in [7, 11) is 4.77. The Kier molecular flexibility index (Phi) is 4.42. The van der Waals surface area contributed by atoms with E-state index >= 15 is 0 Å². The van der Waals surface area contributed by atoms with Crippen molar-refractivity contribution in [3.8, 4) is 17.2 Å². The molecule has 2 N–H and O–H groups in total. The molecule has 1 aromatic carbocycles. The van der Waals surface area contributed by atoms with E-state index in [0.717, 1.165) is 5.56 Å². The summed E-state index contributed by atoms with van der Waals surface area (Å²) in [6, 6.07) is 8.75. The number of methoxy groups -OCH3 is 3. The Labute approximate surface area is 118 Å². The molecular weight excluding hydrogens is 256 g/mol. The number of nitrogens with two attached hydrogens (primary N) is 1. The summed E-state index contributed by atoms with van der Waals surface area (Å²) in [4.78, 5) is 4.31. The molecule has 1 aromatic heterocycles. The highest BCUT2D eigenvalue weighted by Crippen LogP contribution is 2.37. The van der Waals surface area contributed by atoms with Gasteiger partial charge in [-0.2, -0.15) is 0 Å². The number of benzene rings is 1. The van der Waals surface area contributed by atoms with E-state index in [0.29, 0.717) is 22.9 Å². The summed E-state index contributed by atoms with van der Waals surface area (Å²) in [6.45, 7) is 0. The Morgan fingerprint density at radius 3 is 2.30 bits per heavy atom. The third kappa shape index (κ3) is 2.53. The van der Waals surface area contributed by atoms with Crippen LogP contribution in [0.5, 0.6) is 17.2 Å². The fourth-order valence-corrected chi connectivity index (χ4v) is 2.11. The third-order valence-corrected chi connectivity index (χ3v) is 3.08. The van der Waals surface area contributed by atoms with Crippen LogP contribution in [0.15, 0.2) is 36.5 Å². The zero-order valence-corrected chi connectivity index (χ0v) is 11.8. The fourth-order valence-electron chi connectivity index (χ4n) is 2.11. The quantitative estimate of drug-likeness (QED) is 0.905. The second-order valence-electron chi connectivity index (χ2n) is 4.15. The zero-order valence-electron chi connectivity index (χ0n) is 11.8. The van der Waals surface area contributed by atoms with Gasteiger partial charge in [-0.15, -0.1) is 0 Å². The molecule has 0 saturated carbocycles. The lowest BCUT2D eigenvalue weighted by molar-refractivity contribution is 0.350. The molecule has 2 aromatic rings. The maximum atomic E-state index is 6.31. The van der Waals surface area contributed by atoms with Crippen LogP contribution < -0.4 is 19.9 Å². The summed E-state index contributed by atoms with van der Waals surface area (Å²) in [5.41, 5.74) is 7.76. The molecule has 0 spiro atoms. The third-order valence-electron chi connectivity index (χ3n) is 3.08. The average Bonchev–Trinajstić information content (AvgIpc) is 2.53. The van der Waals surface area contributed by atoms with Crippen molar-refractivity contribution < 1.29 is 14.2 Å². The van der Waals surface area contributed by atoms with Crippen molar-refractivity contribution >= 4 is 0 Å². The number of aromatic nitrogens is 1. The predicted octanol–water partition coefficient (Wildman–Crippen LogP) is 2.16. The van der Waals surface area contributed by atoms with Crippen molar-refractivity contribution in [1.29, 1.82) is 0 Å². The van der Waals surface area contributed by atoms with Crippen molar-refractivity contribution in [2.75, 3.05) is 21.3 Å². The van der Waals surface area contributed by atoms with Crippen LogP contribution in [0.3, 0.4) is 0 Å².